The molecule has 0 aliphatic heterocycles. The summed E-state index contributed by atoms with van der Waals surface area (Å²) in [6.07, 6.45) is 0.817. The SMILES string of the molecule is Cc1cc(C)n(Cc2cccc(C(=O)N(CCN)CCc3ccccc3)c2)n1. The topological polar surface area (TPSA) is 64.2 Å². The molecule has 0 bridgehead atoms. The quantitative estimate of drug-likeness (QED) is 0.657. The fourth-order valence-corrected chi connectivity index (χ4v) is 3.37. The number of amides is 1. The number of rotatable bonds is 8. The largest absolute Gasteiger partial charge is 0.337 e. The summed E-state index contributed by atoms with van der Waals surface area (Å²) in [6.45, 7) is 6.34. The molecule has 0 radical (unpaired) electrons. The summed E-state index contributed by atoms with van der Waals surface area (Å²) in [5.41, 5.74) is 10.8. The molecule has 3 aromatic rings. The van der Waals surface area contributed by atoms with Gasteiger partial charge in [0.15, 0.2) is 0 Å². The molecule has 2 aromatic carbocycles. The Morgan fingerprint density at radius 1 is 1.00 bits per heavy atom. The number of carbonyl (C=O) groups excluding carboxylic acids is 1. The van der Waals surface area contributed by atoms with E-state index < -0.39 is 0 Å². The third kappa shape index (κ3) is 5.08. The van der Waals surface area contributed by atoms with Crippen LogP contribution in [0.1, 0.15) is 32.9 Å². The van der Waals surface area contributed by atoms with Gasteiger partial charge in [0.1, 0.15) is 0 Å². The lowest BCUT2D eigenvalue weighted by atomic mass is 10.1. The molecule has 0 saturated heterocycles. The second kappa shape index (κ2) is 9.33. The van der Waals surface area contributed by atoms with Crippen LogP contribution in [0.3, 0.4) is 0 Å². The normalized spacial score (nSPS) is 10.8. The first-order valence-corrected chi connectivity index (χ1v) is 9.70. The summed E-state index contributed by atoms with van der Waals surface area (Å²) in [7, 11) is 0. The van der Waals surface area contributed by atoms with Crippen molar-refractivity contribution in [1.29, 1.82) is 0 Å². The molecular weight excluding hydrogens is 348 g/mol. The second-order valence-corrected chi connectivity index (χ2v) is 7.10. The van der Waals surface area contributed by atoms with Crippen LogP contribution in [0.15, 0.2) is 60.7 Å². The Morgan fingerprint density at radius 2 is 1.75 bits per heavy atom. The molecule has 0 atom stereocenters. The smallest absolute Gasteiger partial charge is 0.253 e. The van der Waals surface area contributed by atoms with Gasteiger partial charge in [-0.15, -0.1) is 0 Å². The van der Waals surface area contributed by atoms with Gasteiger partial charge in [0.05, 0.1) is 12.2 Å². The number of hydrogen-bond donors (Lipinski definition) is 1. The Bertz CT molecular complexity index is 917. The zero-order valence-electron chi connectivity index (χ0n) is 16.6. The van der Waals surface area contributed by atoms with Gasteiger partial charge >= 0.3 is 0 Å². The molecule has 146 valence electrons. The minimum absolute atomic E-state index is 0.0246. The first-order chi connectivity index (χ1) is 13.6. The van der Waals surface area contributed by atoms with Gasteiger partial charge in [0, 0.05) is 30.9 Å². The average molecular weight is 377 g/mol. The van der Waals surface area contributed by atoms with Crippen LogP contribution in [0.5, 0.6) is 0 Å². The van der Waals surface area contributed by atoms with Gasteiger partial charge in [-0.1, -0.05) is 42.5 Å². The molecule has 5 heteroatoms. The van der Waals surface area contributed by atoms with Crippen molar-refractivity contribution in [2.75, 3.05) is 19.6 Å². The van der Waals surface area contributed by atoms with Gasteiger partial charge < -0.3 is 10.6 Å². The zero-order valence-corrected chi connectivity index (χ0v) is 16.6. The van der Waals surface area contributed by atoms with Gasteiger partial charge in [-0.25, -0.2) is 0 Å². The number of nitrogens with two attached hydrogens (primary N) is 1. The molecule has 0 saturated carbocycles. The summed E-state index contributed by atoms with van der Waals surface area (Å²) in [5, 5.41) is 4.51. The van der Waals surface area contributed by atoms with Crippen molar-refractivity contribution in [3.05, 3.63) is 88.7 Å². The van der Waals surface area contributed by atoms with E-state index in [-0.39, 0.29) is 5.91 Å². The van der Waals surface area contributed by atoms with E-state index in [1.165, 1.54) is 5.56 Å². The van der Waals surface area contributed by atoms with Crippen LogP contribution in [0, 0.1) is 13.8 Å². The van der Waals surface area contributed by atoms with Crippen molar-refractivity contribution in [2.24, 2.45) is 5.73 Å². The summed E-state index contributed by atoms with van der Waals surface area (Å²) in [5.74, 6) is 0.0246. The molecule has 0 spiro atoms. The van der Waals surface area contributed by atoms with E-state index in [0.717, 1.165) is 23.4 Å². The molecule has 28 heavy (non-hydrogen) atoms. The zero-order chi connectivity index (χ0) is 19.9. The molecule has 1 heterocycles. The van der Waals surface area contributed by atoms with Crippen LogP contribution in [-0.4, -0.2) is 40.2 Å². The van der Waals surface area contributed by atoms with Crippen LogP contribution < -0.4 is 5.73 Å². The van der Waals surface area contributed by atoms with E-state index in [9.17, 15) is 4.79 Å². The van der Waals surface area contributed by atoms with Crippen molar-refractivity contribution < 1.29 is 4.79 Å². The molecule has 5 nitrogen and oxygen atoms in total. The van der Waals surface area contributed by atoms with Crippen LogP contribution in [-0.2, 0) is 13.0 Å². The highest BCUT2D eigenvalue weighted by molar-refractivity contribution is 5.94. The Hall–Kier alpha value is -2.92. The Morgan fingerprint density at radius 3 is 2.43 bits per heavy atom. The average Bonchev–Trinajstić information content (AvgIpc) is 3.02. The van der Waals surface area contributed by atoms with Crippen LogP contribution in [0.25, 0.3) is 0 Å². The highest BCUT2D eigenvalue weighted by atomic mass is 16.2. The number of carbonyl (C=O) groups is 1. The van der Waals surface area contributed by atoms with Gasteiger partial charge in [-0.05, 0) is 49.6 Å². The highest BCUT2D eigenvalue weighted by Crippen LogP contribution is 2.13. The minimum atomic E-state index is 0.0246. The van der Waals surface area contributed by atoms with E-state index in [1.807, 2.05) is 65.9 Å². The predicted molar refractivity (Wildman–Crippen MR) is 112 cm³/mol. The molecule has 0 aliphatic rings. The molecular formula is C23H28N4O. The minimum Gasteiger partial charge on any atom is -0.337 e. The first-order valence-electron chi connectivity index (χ1n) is 9.70. The standard InChI is InChI=1S/C23H28N4O/c1-18-15-19(2)27(25-18)17-21-9-6-10-22(16-21)23(28)26(14-12-24)13-11-20-7-4-3-5-8-20/h3-10,15-16H,11-14,17,24H2,1-2H3. The van der Waals surface area contributed by atoms with E-state index in [4.69, 9.17) is 5.73 Å². The lowest BCUT2D eigenvalue weighted by molar-refractivity contribution is 0.0762. The maximum atomic E-state index is 13.1. The monoisotopic (exact) mass is 376 g/mol. The number of hydrogen-bond acceptors (Lipinski definition) is 3. The van der Waals surface area contributed by atoms with Crippen LogP contribution in [0.2, 0.25) is 0 Å². The summed E-state index contributed by atoms with van der Waals surface area (Å²) >= 11 is 0. The molecule has 0 unspecified atom stereocenters. The van der Waals surface area contributed by atoms with Crippen LogP contribution in [0.4, 0.5) is 0 Å². The van der Waals surface area contributed by atoms with Gasteiger partial charge in [-0.3, -0.25) is 9.48 Å². The van der Waals surface area contributed by atoms with E-state index in [1.54, 1.807) is 0 Å². The molecule has 1 aromatic heterocycles. The van der Waals surface area contributed by atoms with Gasteiger partial charge in [-0.2, -0.15) is 5.10 Å². The fraction of sp³-hybridized carbons (Fsp3) is 0.304. The Labute approximate surface area is 166 Å². The molecule has 2 N–H and O–H groups in total. The Balaban J connectivity index is 1.72. The maximum Gasteiger partial charge on any atom is 0.253 e. The number of benzene rings is 2. The van der Waals surface area contributed by atoms with Gasteiger partial charge in [0.2, 0.25) is 0 Å². The number of aryl methyl sites for hydroxylation is 2. The van der Waals surface area contributed by atoms with Crippen molar-refractivity contribution in [3.8, 4) is 0 Å². The lowest BCUT2D eigenvalue weighted by Crippen LogP contribution is -2.37. The van der Waals surface area contributed by atoms with Gasteiger partial charge in [0.25, 0.3) is 5.91 Å². The van der Waals surface area contributed by atoms with Crippen molar-refractivity contribution in [3.63, 3.8) is 0 Å². The van der Waals surface area contributed by atoms with E-state index >= 15 is 0 Å². The predicted octanol–water partition coefficient (Wildman–Crippen LogP) is 3.19. The van der Waals surface area contributed by atoms with Crippen LogP contribution >= 0.6 is 0 Å². The lowest BCUT2D eigenvalue weighted by Gasteiger charge is -2.22. The third-order valence-electron chi connectivity index (χ3n) is 4.81. The highest BCUT2D eigenvalue weighted by Gasteiger charge is 2.16. The molecule has 0 aliphatic carbocycles. The number of aromatic nitrogens is 2. The molecule has 3 rings (SSSR count). The maximum absolute atomic E-state index is 13.1. The molecule has 0 fully saturated rings. The number of nitrogens with zero attached hydrogens (tertiary/aromatic N) is 3. The molecule has 1 amide bonds. The second-order valence-electron chi connectivity index (χ2n) is 7.10. The summed E-state index contributed by atoms with van der Waals surface area (Å²) < 4.78 is 1.96. The van der Waals surface area contributed by atoms with E-state index in [2.05, 4.69) is 23.3 Å². The fourth-order valence-electron chi connectivity index (χ4n) is 3.37. The Kier molecular flexibility index (Phi) is 6.61. The first kappa shape index (κ1) is 19.8. The third-order valence-corrected chi connectivity index (χ3v) is 4.81. The van der Waals surface area contributed by atoms with Crippen molar-refractivity contribution in [2.45, 2.75) is 26.8 Å². The summed E-state index contributed by atoms with van der Waals surface area (Å²) in [6, 6.07) is 20.1. The van der Waals surface area contributed by atoms with Crippen molar-refractivity contribution in [1.82, 2.24) is 14.7 Å². The van der Waals surface area contributed by atoms with Crippen molar-refractivity contribution >= 4 is 5.91 Å². The van der Waals surface area contributed by atoms with E-state index in [0.29, 0.717) is 31.7 Å². The summed E-state index contributed by atoms with van der Waals surface area (Å²) in [4.78, 5) is 14.9.